The van der Waals surface area contributed by atoms with E-state index in [2.05, 4.69) is 58.2 Å². The lowest BCUT2D eigenvalue weighted by Gasteiger charge is -2.22. The standard InChI is InChI=1S/C14H19BrN4/c1-9(2)19-14(12(15)8-18-19)13(16-4)11-5-6-17-7-10(11)3/h5-9,13,16H,1-4H3. The van der Waals surface area contributed by atoms with Crippen LogP contribution in [0.3, 0.4) is 0 Å². The lowest BCUT2D eigenvalue weighted by atomic mass is 10.0. The summed E-state index contributed by atoms with van der Waals surface area (Å²) in [5.74, 6) is 0. The summed E-state index contributed by atoms with van der Waals surface area (Å²) in [5.41, 5.74) is 3.54. The minimum Gasteiger partial charge on any atom is -0.308 e. The maximum Gasteiger partial charge on any atom is 0.0761 e. The van der Waals surface area contributed by atoms with Gasteiger partial charge in [0.15, 0.2) is 0 Å². The Labute approximate surface area is 122 Å². The molecule has 0 aromatic carbocycles. The number of rotatable bonds is 4. The molecule has 5 heteroatoms. The van der Waals surface area contributed by atoms with Crippen LogP contribution in [0, 0.1) is 6.92 Å². The van der Waals surface area contributed by atoms with Crippen LogP contribution in [0.15, 0.2) is 29.1 Å². The van der Waals surface area contributed by atoms with Crippen LogP contribution in [0.5, 0.6) is 0 Å². The second-order valence-electron chi connectivity index (χ2n) is 4.87. The smallest absolute Gasteiger partial charge is 0.0761 e. The van der Waals surface area contributed by atoms with E-state index in [0.717, 1.165) is 10.2 Å². The number of hydrogen-bond donors (Lipinski definition) is 1. The zero-order valence-electron chi connectivity index (χ0n) is 11.7. The van der Waals surface area contributed by atoms with E-state index in [9.17, 15) is 0 Å². The second kappa shape index (κ2) is 5.84. The lowest BCUT2D eigenvalue weighted by molar-refractivity contribution is 0.482. The number of halogens is 1. The van der Waals surface area contributed by atoms with Gasteiger partial charge in [-0.1, -0.05) is 0 Å². The quantitative estimate of drug-likeness (QED) is 0.939. The first-order chi connectivity index (χ1) is 9.06. The minimum atomic E-state index is 0.0993. The van der Waals surface area contributed by atoms with Crippen LogP contribution in [-0.2, 0) is 0 Å². The van der Waals surface area contributed by atoms with Gasteiger partial charge in [0.2, 0.25) is 0 Å². The Morgan fingerprint density at radius 2 is 2.05 bits per heavy atom. The van der Waals surface area contributed by atoms with E-state index < -0.39 is 0 Å². The molecule has 19 heavy (non-hydrogen) atoms. The molecule has 0 spiro atoms. The van der Waals surface area contributed by atoms with Crippen molar-refractivity contribution in [2.24, 2.45) is 0 Å². The summed E-state index contributed by atoms with van der Waals surface area (Å²) in [6.45, 7) is 6.35. The van der Waals surface area contributed by atoms with E-state index in [1.807, 2.05) is 30.3 Å². The van der Waals surface area contributed by atoms with E-state index in [-0.39, 0.29) is 6.04 Å². The minimum absolute atomic E-state index is 0.0993. The number of nitrogens with zero attached hydrogens (tertiary/aromatic N) is 3. The normalized spacial score (nSPS) is 12.9. The third kappa shape index (κ3) is 2.72. The molecule has 102 valence electrons. The molecule has 0 aliphatic carbocycles. The molecule has 1 atom stereocenters. The number of hydrogen-bond acceptors (Lipinski definition) is 3. The molecule has 0 bridgehead atoms. The first kappa shape index (κ1) is 14.2. The number of pyridine rings is 1. The van der Waals surface area contributed by atoms with Gasteiger partial charge in [-0.15, -0.1) is 0 Å². The van der Waals surface area contributed by atoms with Crippen LogP contribution in [0.2, 0.25) is 0 Å². The summed E-state index contributed by atoms with van der Waals surface area (Å²) in [7, 11) is 1.97. The van der Waals surface area contributed by atoms with Gasteiger partial charge in [-0.25, -0.2) is 0 Å². The fraction of sp³-hybridized carbons (Fsp3) is 0.429. The maximum atomic E-state index is 4.45. The average molecular weight is 323 g/mol. The molecule has 0 aliphatic heterocycles. The Kier molecular flexibility index (Phi) is 4.37. The Bertz CT molecular complexity index is 562. The van der Waals surface area contributed by atoms with Gasteiger partial charge < -0.3 is 5.32 Å². The van der Waals surface area contributed by atoms with E-state index in [0.29, 0.717) is 6.04 Å². The molecule has 1 unspecified atom stereocenters. The summed E-state index contributed by atoms with van der Waals surface area (Å²) in [4.78, 5) is 4.16. The van der Waals surface area contributed by atoms with E-state index >= 15 is 0 Å². The first-order valence-corrected chi connectivity index (χ1v) is 7.16. The number of nitrogens with one attached hydrogen (secondary N) is 1. The molecule has 0 radical (unpaired) electrons. The fourth-order valence-electron chi connectivity index (χ4n) is 2.28. The molecule has 2 rings (SSSR count). The summed E-state index contributed by atoms with van der Waals surface area (Å²) in [5, 5.41) is 7.83. The third-order valence-electron chi connectivity index (χ3n) is 3.21. The van der Waals surface area contributed by atoms with Gasteiger partial charge in [0.05, 0.1) is 22.4 Å². The highest BCUT2D eigenvalue weighted by molar-refractivity contribution is 9.10. The lowest BCUT2D eigenvalue weighted by Crippen LogP contribution is -2.23. The van der Waals surface area contributed by atoms with Crippen LogP contribution in [-0.4, -0.2) is 21.8 Å². The fourth-order valence-corrected chi connectivity index (χ4v) is 2.78. The van der Waals surface area contributed by atoms with Gasteiger partial charge in [0, 0.05) is 18.4 Å². The molecule has 0 amide bonds. The van der Waals surface area contributed by atoms with Crippen molar-refractivity contribution in [2.75, 3.05) is 7.05 Å². The van der Waals surface area contributed by atoms with Gasteiger partial charge in [0.25, 0.3) is 0 Å². The van der Waals surface area contributed by atoms with Crippen LogP contribution in [0.1, 0.15) is 42.8 Å². The van der Waals surface area contributed by atoms with Gasteiger partial charge >= 0.3 is 0 Å². The third-order valence-corrected chi connectivity index (χ3v) is 3.82. The van der Waals surface area contributed by atoms with Crippen molar-refractivity contribution >= 4 is 15.9 Å². The molecule has 2 aromatic heterocycles. The molecule has 0 aliphatic rings. The summed E-state index contributed by atoms with van der Waals surface area (Å²) < 4.78 is 3.07. The average Bonchev–Trinajstić information content (AvgIpc) is 2.75. The van der Waals surface area contributed by atoms with E-state index in [1.54, 1.807) is 0 Å². The topological polar surface area (TPSA) is 42.7 Å². The second-order valence-corrected chi connectivity index (χ2v) is 5.72. The van der Waals surface area contributed by atoms with Crippen LogP contribution >= 0.6 is 15.9 Å². The van der Waals surface area contributed by atoms with Gasteiger partial charge in [-0.2, -0.15) is 5.10 Å². The van der Waals surface area contributed by atoms with Crippen molar-refractivity contribution in [3.8, 4) is 0 Å². The summed E-state index contributed by atoms with van der Waals surface area (Å²) in [6, 6.07) is 2.47. The Morgan fingerprint density at radius 3 is 2.63 bits per heavy atom. The van der Waals surface area contributed by atoms with Gasteiger partial charge in [0.1, 0.15) is 0 Å². The molecule has 2 aromatic rings. The van der Waals surface area contributed by atoms with Gasteiger partial charge in [-0.05, 0) is 60.9 Å². The van der Waals surface area contributed by atoms with Crippen molar-refractivity contribution in [1.82, 2.24) is 20.1 Å². The molecule has 0 saturated carbocycles. The number of aryl methyl sites for hydroxylation is 1. The zero-order chi connectivity index (χ0) is 14.0. The van der Waals surface area contributed by atoms with E-state index in [4.69, 9.17) is 0 Å². The van der Waals surface area contributed by atoms with Crippen molar-refractivity contribution < 1.29 is 0 Å². The highest BCUT2D eigenvalue weighted by Crippen LogP contribution is 2.31. The molecular formula is C14H19BrN4. The molecule has 1 N–H and O–H groups in total. The molecule has 0 saturated heterocycles. The van der Waals surface area contributed by atoms with Crippen molar-refractivity contribution in [2.45, 2.75) is 32.9 Å². The Morgan fingerprint density at radius 1 is 1.32 bits per heavy atom. The van der Waals surface area contributed by atoms with E-state index in [1.165, 1.54) is 11.1 Å². The highest BCUT2D eigenvalue weighted by atomic mass is 79.9. The van der Waals surface area contributed by atoms with Crippen molar-refractivity contribution in [3.63, 3.8) is 0 Å². The van der Waals surface area contributed by atoms with Gasteiger partial charge in [-0.3, -0.25) is 9.67 Å². The SMILES string of the molecule is CNC(c1ccncc1C)c1c(Br)cnn1C(C)C. The largest absolute Gasteiger partial charge is 0.308 e. The maximum absolute atomic E-state index is 4.45. The van der Waals surface area contributed by atoms with Crippen LogP contribution < -0.4 is 5.32 Å². The Hall–Kier alpha value is -1.20. The van der Waals surface area contributed by atoms with Crippen LogP contribution in [0.4, 0.5) is 0 Å². The number of aromatic nitrogens is 3. The first-order valence-electron chi connectivity index (χ1n) is 6.37. The monoisotopic (exact) mass is 322 g/mol. The highest BCUT2D eigenvalue weighted by Gasteiger charge is 2.22. The Balaban J connectivity index is 2.55. The molecule has 2 heterocycles. The predicted octanol–water partition coefficient (Wildman–Crippen LogP) is 3.24. The molecule has 4 nitrogen and oxygen atoms in total. The van der Waals surface area contributed by atoms with Crippen LogP contribution in [0.25, 0.3) is 0 Å². The predicted molar refractivity (Wildman–Crippen MR) is 80.2 cm³/mol. The summed E-state index contributed by atoms with van der Waals surface area (Å²) >= 11 is 3.61. The van der Waals surface area contributed by atoms with Crippen molar-refractivity contribution in [1.29, 1.82) is 0 Å². The molecular weight excluding hydrogens is 304 g/mol. The van der Waals surface area contributed by atoms with Crippen molar-refractivity contribution in [3.05, 3.63) is 46.0 Å². The summed E-state index contributed by atoms with van der Waals surface area (Å²) in [6.07, 6.45) is 5.58. The zero-order valence-corrected chi connectivity index (χ0v) is 13.3. The molecule has 0 fully saturated rings.